The number of carbonyl (C=O) groups excluding carboxylic acids is 1. The summed E-state index contributed by atoms with van der Waals surface area (Å²) in [7, 11) is 0. The highest BCUT2D eigenvalue weighted by Gasteiger charge is 2.20. The number of rotatable bonds is 5. The van der Waals surface area contributed by atoms with Crippen molar-refractivity contribution < 1.29 is 13.6 Å². The highest BCUT2D eigenvalue weighted by Crippen LogP contribution is 2.30. The zero-order chi connectivity index (χ0) is 17.8. The topological polar surface area (TPSA) is 85.3 Å². The van der Waals surface area contributed by atoms with Crippen molar-refractivity contribution in [2.75, 3.05) is 18.8 Å². The fraction of sp³-hybridized carbons (Fsp3) is 0.333. The lowest BCUT2D eigenvalue weighted by Crippen LogP contribution is -2.36. The number of amides is 1. The van der Waals surface area contributed by atoms with Crippen LogP contribution in [0.25, 0.3) is 22.9 Å². The Kier molecular flexibility index (Phi) is 5.01. The Bertz CT molecular complexity index is 859. The quantitative estimate of drug-likeness (QED) is 0.635. The second kappa shape index (κ2) is 7.74. The highest BCUT2D eigenvalue weighted by molar-refractivity contribution is 7.99. The third kappa shape index (κ3) is 3.65. The summed E-state index contributed by atoms with van der Waals surface area (Å²) >= 11 is 1.29. The molecule has 26 heavy (non-hydrogen) atoms. The summed E-state index contributed by atoms with van der Waals surface area (Å²) in [4.78, 5) is 18.8. The van der Waals surface area contributed by atoms with E-state index < -0.39 is 0 Å². The highest BCUT2D eigenvalue weighted by atomic mass is 32.2. The molecule has 0 aliphatic carbocycles. The first-order chi connectivity index (χ1) is 12.8. The van der Waals surface area contributed by atoms with Crippen LogP contribution in [0.5, 0.6) is 0 Å². The second-order valence-electron chi connectivity index (χ2n) is 5.98. The van der Waals surface area contributed by atoms with Crippen LogP contribution in [0.15, 0.2) is 50.8 Å². The number of likely N-dealkylation sites (tertiary alicyclic amines) is 1. The molecule has 1 amide bonds. The van der Waals surface area contributed by atoms with Crippen molar-refractivity contribution in [1.82, 2.24) is 20.1 Å². The van der Waals surface area contributed by atoms with Crippen LogP contribution < -0.4 is 0 Å². The first-order valence-corrected chi connectivity index (χ1v) is 9.53. The maximum Gasteiger partial charge on any atom is 0.233 e. The Balaban J connectivity index is 1.54. The lowest BCUT2D eigenvalue weighted by molar-refractivity contribution is -0.129. The fourth-order valence-electron chi connectivity index (χ4n) is 2.90. The summed E-state index contributed by atoms with van der Waals surface area (Å²) in [5.74, 6) is 1.57. The molecule has 0 unspecified atom stereocenters. The molecule has 0 atom stereocenters. The van der Waals surface area contributed by atoms with Crippen molar-refractivity contribution in [1.29, 1.82) is 0 Å². The van der Waals surface area contributed by atoms with Gasteiger partial charge in [0, 0.05) is 13.1 Å². The van der Waals surface area contributed by atoms with Crippen LogP contribution in [0.1, 0.15) is 19.3 Å². The number of furan rings is 2. The molecule has 0 saturated carbocycles. The van der Waals surface area contributed by atoms with Gasteiger partial charge in [-0.3, -0.25) is 4.79 Å². The van der Waals surface area contributed by atoms with Crippen LogP contribution in [0.4, 0.5) is 0 Å². The largest absolute Gasteiger partial charge is 0.463 e. The molecule has 1 fully saturated rings. The Morgan fingerprint density at radius 3 is 2.35 bits per heavy atom. The van der Waals surface area contributed by atoms with Gasteiger partial charge in [0.2, 0.25) is 11.1 Å². The molecule has 7 nitrogen and oxygen atoms in total. The number of carbonyl (C=O) groups is 1. The molecule has 4 heterocycles. The number of aromatic nitrogens is 3. The van der Waals surface area contributed by atoms with Gasteiger partial charge in [-0.2, -0.15) is 0 Å². The minimum absolute atomic E-state index is 0.118. The molecule has 0 N–H and O–H groups in total. The van der Waals surface area contributed by atoms with E-state index in [-0.39, 0.29) is 5.91 Å². The Hall–Kier alpha value is -2.61. The zero-order valence-electron chi connectivity index (χ0n) is 14.1. The van der Waals surface area contributed by atoms with E-state index in [9.17, 15) is 4.79 Å². The van der Waals surface area contributed by atoms with Crippen molar-refractivity contribution in [2.24, 2.45) is 0 Å². The van der Waals surface area contributed by atoms with Crippen molar-refractivity contribution in [3.63, 3.8) is 0 Å². The summed E-state index contributed by atoms with van der Waals surface area (Å²) < 4.78 is 10.9. The molecular formula is C18H18N4O3S. The van der Waals surface area contributed by atoms with E-state index in [1.165, 1.54) is 18.2 Å². The van der Waals surface area contributed by atoms with Gasteiger partial charge in [0.05, 0.1) is 18.3 Å². The monoisotopic (exact) mass is 370 g/mol. The first kappa shape index (κ1) is 16.8. The van der Waals surface area contributed by atoms with Crippen LogP contribution >= 0.6 is 11.8 Å². The predicted octanol–water partition coefficient (Wildman–Crippen LogP) is 3.50. The number of hydrogen-bond donors (Lipinski definition) is 0. The van der Waals surface area contributed by atoms with E-state index in [0.717, 1.165) is 25.9 Å². The summed E-state index contributed by atoms with van der Waals surface area (Å²) in [5, 5.41) is 8.85. The summed E-state index contributed by atoms with van der Waals surface area (Å²) in [5.41, 5.74) is 1.06. The summed E-state index contributed by atoms with van der Waals surface area (Å²) in [6.45, 7) is 1.68. The van der Waals surface area contributed by atoms with Crippen molar-refractivity contribution in [3.05, 3.63) is 36.8 Å². The van der Waals surface area contributed by atoms with Crippen LogP contribution in [-0.4, -0.2) is 44.8 Å². The van der Waals surface area contributed by atoms with Crippen molar-refractivity contribution in [2.45, 2.75) is 24.4 Å². The van der Waals surface area contributed by atoms with Gasteiger partial charge in [0.25, 0.3) is 0 Å². The molecule has 3 aromatic heterocycles. The predicted molar refractivity (Wildman–Crippen MR) is 96.4 cm³/mol. The van der Waals surface area contributed by atoms with E-state index in [0.29, 0.717) is 33.8 Å². The molecule has 0 spiro atoms. The molecule has 1 aliphatic rings. The maximum absolute atomic E-state index is 12.3. The molecule has 8 heteroatoms. The normalized spacial score (nSPS) is 14.5. The second-order valence-corrected chi connectivity index (χ2v) is 6.92. The van der Waals surface area contributed by atoms with Crippen LogP contribution in [0.2, 0.25) is 0 Å². The van der Waals surface area contributed by atoms with Gasteiger partial charge in [0.15, 0.2) is 17.2 Å². The van der Waals surface area contributed by atoms with Gasteiger partial charge in [-0.15, -0.1) is 10.2 Å². The van der Waals surface area contributed by atoms with Gasteiger partial charge >= 0.3 is 0 Å². The molecule has 1 aliphatic heterocycles. The Labute approximate surface area is 154 Å². The molecule has 1 saturated heterocycles. The van der Waals surface area contributed by atoms with E-state index in [2.05, 4.69) is 15.2 Å². The molecule has 3 aromatic rings. The van der Waals surface area contributed by atoms with Crippen molar-refractivity contribution >= 4 is 17.7 Å². The summed E-state index contributed by atoms with van der Waals surface area (Å²) in [6, 6.07) is 7.17. The minimum atomic E-state index is 0.118. The molecule has 134 valence electrons. The minimum Gasteiger partial charge on any atom is -0.463 e. The lowest BCUT2D eigenvalue weighted by Gasteiger charge is -2.26. The Morgan fingerprint density at radius 1 is 1.00 bits per heavy atom. The number of hydrogen-bond acceptors (Lipinski definition) is 7. The number of thioether (sulfide) groups is 1. The van der Waals surface area contributed by atoms with Gasteiger partial charge in [-0.1, -0.05) is 11.8 Å². The SMILES string of the molecule is O=C(CSc1nnc(-c2ccco2)c(-c2ccco2)n1)N1CCCCC1. The molecule has 0 aromatic carbocycles. The average molecular weight is 370 g/mol. The Morgan fingerprint density at radius 2 is 1.69 bits per heavy atom. The lowest BCUT2D eigenvalue weighted by atomic mass is 10.1. The van der Waals surface area contributed by atoms with Crippen molar-refractivity contribution in [3.8, 4) is 22.9 Å². The van der Waals surface area contributed by atoms with E-state index in [1.807, 2.05) is 11.0 Å². The molecule has 4 rings (SSSR count). The van der Waals surface area contributed by atoms with E-state index in [4.69, 9.17) is 8.83 Å². The van der Waals surface area contributed by atoms with Crippen LogP contribution in [-0.2, 0) is 4.79 Å². The average Bonchev–Trinajstić information content (AvgIpc) is 3.40. The van der Waals surface area contributed by atoms with Gasteiger partial charge in [-0.05, 0) is 43.5 Å². The zero-order valence-corrected chi connectivity index (χ0v) is 14.9. The molecule has 0 bridgehead atoms. The summed E-state index contributed by atoms with van der Waals surface area (Å²) in [6.07, 6.45) is 6.51. The molecule has 0 radical (unpaired) electrons. The standard InChI is InChI=1S/C18H18N4O3S/c23-15(22-8-2-1-3-9-22)12-26-18-19-16(13-6-4-10-24-13)17(20-21-18)14-7-5-11-25-14/h4-7,10-11H,1-3,8-9,12H2. The number of piperidine rings is 1. The third-order valence-electron chi connectivity index (χ3n) is 4.21. The smallest absolute Gasteiger partial charge is 0.233 e. The van der Waals surface area contributed by atoms with E-state index in [1.54, 1.807) is 30.7 Å². The van der Waals surface area contributed by atoms with Crippen LogP contribution in [0.3, 0.4) is 0 Å². The van der Waals surface area contributed by atoms with Gasteiger partial charge in [0.1, 0.15) is 5.69 Å². The van der Waals surface area contributed by atoms with Gasteiger partial charge in [-0.25, -0.2) is 4.98 Å². The number of nitrogens with zero attached hydrogens (tertiary/aromatic N) is 4. The first-order valence-electron chi connectivity index (χ1n) is 8.54. The van der Waals surface area contributed by atoms with E-state index >= 15 is 0 Å². The van der Waals surface area contributed by atoms with Crippen LogP contribution in [0, 0.1) is 0 Å². The van der Waals surface area contributed by atoms with Gasteiger partial charge < -0.3 is 13.7 Å². The fourth-order valence-corrected chi connectivity index (χ4v) is 3.59. The third-order valence-corrected chi connectivity index (χ3v) is 5.03. The maximum atomic E-state index is 12.3. The molecular weight excluding hydrogens is 352 g/mol.